The number of aromatic nitrogens is 2. The van der Waals surface area contributed by atoms with Crippen LogP contribution < -0.4 is 4.74 Å². The summed E-state index contributed by atoms with van der Waals surface area (Å²) in [6.45, 7) is 4.67. The molecule has 4 nitrogen and oxygen atoms in total. The van der Waals surface area contributed by atoms with Gasteiger partial charge < -0.3 is 14.6 Å². The molecule has 4 heteroatoms. The van der Waals surface area contributed by atoms with E-state index in [-0.39, 0.29) is 0 Å². The minimum Gasteiger partial charge on any atom is -0.495 e. The molecule has 1 aliphatic heterocycles. The third kappa shape index (κ3) is 1.97. The van der Waals surface area contributed by atoms with E-state index in [9.17, 15) is 0 Å². The lowest BCUT2D eigenvalue weighted by atomic mass is 10.0. The van der Waals surface area contributed by atoms with Gasteiger partial charge in [-0.15, -0.1) is 0 Å². The lowest BCUT2D eigenvalue weighted by Gasteiger charge is -2.38. The van der Waals surface area contributed by atoms with Crippen LogP contribution in [0.2, 0.25) is 0 Å². The molecular formula is C14H19N3O. The van der Waals surface area contributed by atoms with Gasteiger partial charge in [0.15, 0.2) is 0 Å². The number of rotatable bonds is 4. The van der Waals surface area contributed by atoms with Gasteiger partial charge in [-0.05, 0) is 37.9 Å². The van der Waals surface area contributed by atoms with Crippen LogP contribution in [0.4, 0.5) is 0 Å². The standard InChI is InChI=1S/C14H19N3O/c1-10-3-5-17(10)6-4-11-8-15-14-13(11)7-12(18-2)9-16-14/h7-10H,3-6H2,1-2H3,(H,15,16)/t10-/m0/s1. The summed E-state index contributed by atoms with van der Waals surface area (Å²) in [7, 11) is 1.68. The minimum atomic E-state index is 0.753. The molecule has 3 rings (SSSR count). The van der Waals surface area contributed by atoms with Gasteiger partial charge in [0.1, 0.15) is 11.4 Å². The molecule has 0 radical (unpaired) electrons. The lowest BCUT2D eigenvalue weighted by molar-refractivity contribution is 0.107. The Kier molecular flexibility index (Phi) is 2.96. The Hall–Kier alpha value is -1.55. The van der Waals surface area contributed by atoms with E-state index in [4.69, 9.17) is 4.74 Å². The highest BCUT2D eigenvalue weighted by molar-refractivity contribution is 5.80. The summed E-state index contributed by atoms with van der Waals surface area (Å²) in [6, 6.07) is 2.82. The summed E-state index contributed by atoms with van der Waals surface area (Å²) in [5, 5.41) is 1.18. The maximum absolute atomic E-state index is 5.23. The number of fused-ring (bicyclic) bond motifs is 1. The van der Waals surface area contributed by atoms with Gasteiger partial charge in [-0.3, -0.25) is 0 Å². The Morgan fingerprint density at radius 2 is 2.44 bits per heavy atom. The number of nitrogens with zero attached hydrogens (tertiary/aromatic N) is 2. The van der Waals surface area contributed by atoms with Gasteiger partial charge in [-0.25, -0.2) is 4.98 Å². The first-order valence-electron chi connectivity index (χ1n) is 6.52. The predicted octanol–water partition coefficient (Wildman–Crippen LogP) is 2.21. The van der Waals surface area contributed by atoms with Gasteiger partial charge in [0.05, 0.1) is 13.3 Å². The van der Waals surface area contributed by atoms with Crippen molar-refractivity contribution in [3.8, 4) is 5.75 Å². The fraction of sp³-hybridized carbons (Fsp3) is 0.500. The van der Waals surface area contributed by atoms with Crippen molar-refractivity contribution < 1.29 is 4.74 Å². The van der Waals surface area contributed by atoms with Crippen LogP contribution in [0.1, 0.15) is 18.9 Å². The van der Waals surface area contributed by atoms with Crippen molar-refractivity contribution in [1.82, 2.24) is 14.9 Å². The highest BCUT2D eigenvalue weighted by atomic mass is 16.5. The van der Waals surface area contributed by atoms with Crippen LogP contribution in [0.15, 0.2) is 18.5 Å². The number of ether oxygens (including phenoxy) is 1. The Bertz CT molecular complexity index is 549. The van der Waals surface area contributed by atoms with Gasteiger partial charge in [0, 0.05) is 24.2 Å². The van der Waals surface area contributed by atoms with E-state index in [1.165, 1.54) is 23.9 Å². The molecule has 2 aromatic heterocycles. The van der Waals surface area contributed by atoms with E-state index in [1.807, 2.05) is 0 Å². The second kappa shape index (κ2) is 4.61. The first-order valence-corrected chi connectivity index (χ1v) is 6.52. The third-order valence-corrected chi connectivity index (χ3v) is 3.95. The molecule has 0 aromatic carbocycles. The molecule has 2 aromatic rings. The molecule has 3 heterocycles. The Morgan fingerprint density at radius 3 is 3.11 bits per heavy atom. The Balaban J connectivity index is 1.78. The highest BCUT2D eigenvalue weighted by Gasteiger charge is 2.22. The zero-order valence-corrected chi connectivity index (χ0v) is 10.9. The molecule has 0 aliphatic carbocycles. The van der Waals surface area contributed by atoms with Crippen LogP contribution in [0.25, 0.3) is 11.0 Å². The van der Waals surface area contributed by atoms with Crippen molar-refractivity contribution in [3.63, 3.8) is 0 Å². The fourth-order valence-electron chi connectivity index (χ4n) is 2.52. The van der Waals surface area contributed by atoms with Crippen molar-refractivity contribution >= 4 is 11.0 Å². The number of hydrogen-bond acceptors (Lipinski definition) is 3. The normalized spacial score (nSPS) is 20.0. The van der Waals surface area contributed by atoms with Crippen molar-refractivity contribution in [2.24, 2.45) is 0 Å². The summed E-state index contributed by atoms with van der Waals surface area (Å²) in [4.78, 5) is 10.1. The number of H-pyrrole nitrogens is 1. The maximum atomic E-state index is 5.23. The molecule has 1 fully saturated rings. The third-order valence-electron chi connectivity index (χ3n) is 3.95. The first-order chi connectivity index (χ1) is 8.78. The molecular weight excluding hydrogens is 226 g/mol. The molecule has 0 unspecified atom stereocenters. The zero-order valence-electron chi connectivity index (χ0n) is 10.9. The number of nitrogens with one attached hydrogen (secondary N) is 1. The fourth-order valence-corrected chi connectivity index (χ4v) is 2.52. The van der Waals surface area contributed by atoms with Crippen LogP contribution >= 0.6 is 0 Å². The minimum absolute atomic E-state index is 0.753. The molecule has 1 N–H and O–H groups in total. The zero-order chi connectivity index (χ0) is 12.5. The quantitative estimate of drug-likeness (QED) is 0.898. The molecule has 1 saturated heterocycles. The summed E-state index contributed by atoms with van der Waals surface area (Å²) >= 11 is 0. The average Bonchev–Trinajstić information content (AvgIpc) is 2.79. The Labute approximate surface area is 107 Å². The number of methoxy groups -OCH3 is 1. The highest BCUT2D eigenvalue weighted by Crippen LogP contribution is 2.23. The van der Waals surface area contributed by atoms with E-state index in [1.54, 1.807) is 13.3 Å². The van der Waals surface area contributed by atoms with E-state index in [0.29, 0.717) is 0 Å². The van der Waals surface area contributed by atoms with Gasteiger partial charge in [0.2, 0.25) is 0 Å². The monoisotopic (exact) mass is 245 g/mol. The second-order valence-corrected chi connectivity index (χ2v) is 5.01. The molecule has 1 aliphatic rings. The SMILES string of the molecule is COc1cnc2[nH]cc(CCN3CC[C@@H]3C)c2c1. The van der Waals surface area contributed by atoms with E-state index >= 15 is 0 Å². The summed E-state index contributed by atoms with van der Waals surface area (Å²) in [5.41, 5.74) is 2.28. The number of pyridine rings is 1. The van der Waals surface area contributed by atoms with Crippen molar-refractivity contribution in [2.45, 2.75) is 25.8 Å². The van der Waals surface area contributed by atoms with Crippen molar-refractivity contribution in [2.75, 3.05) is 20.2 Å². The molecule has 1 atom stereocenters. The molecule has 0 amide bonds. The molecule has 0 spiro atoms. The summed E-state index contributed by atoms with van der Waals surface area (Å²) in [5.74, 6) is 0.820. The maximum Gasteiger partial charge on any atom is 0.137 e. The topological polar surface area (TPSA) is 41.1 Å². The predicted molar refractivity (Wildman–Crippen MR) is 72.0 cm³/mol. The Morgan fingerprint density at radius 1 is 1.56 bits per heavy atom. The lowest BCUT2D eigenvalue weighted by Crippen LogP contribution is -2.46. The van der Waals surface area contributed by atoms with Gasteiger partial charge in [0.25, 0.3) is 0 Å². The van der Waals surface area contributed by atoms with Gasteiger partial charge >= 0.3 is 0 Å². The number of likely N-dealkylation sites (tertiary alicyclic amines) is 1. The smallest absolute Gasteiger partial charge is 0.137 e. The molecule has 0 bridgehead atoms. The van der Waals surface area contributed by atoms with Crippen LogP contribution in [-0.2, 0) is 6.42 Å². The van der Waals surface area contributed by atoms with Crippen molar-refractivity contribution in [3.05, 3.63) is 24.0 Å². The van der Waals surface area contributed by atoms with Crippen LogP contribution in [0.5, 0.6) is 5.75 Å². The van der Waals surface area contributed by atoms with Crippen LogP contribution in [-0.4, -0.2) is 41.1 Å². The second-order valence-electron chi connectivity index (χ2n) is 5.01. The first kappa shape index (κ1) is 11.5. The molecule has 18 heavy (non-hydrogen) atoms. The van der Waals surface area contributed by atoms with E-state index in [0.717, 1.165) is 30.4 Å². The molecule has 0 saturated carbocycles. The van der Waals surface area contributed by atoms with Gasteiger partial charge in [-0.2, -0.15) is 0 Å². The summed E-state index contributed by atoms with van der Waals surface area (Å²) in [6.07, 6.45) is 6.23. The van der Waals surface area contributed by atoms with Gasteiger partial charge in [-0.1, -0.05) is 0 Å². The number of hydrogen-bond donors (Lipinski definition) is 1. The van der Waals surface area contributed by atoms with E-state index < -0.39 is 0 Å². The molecule has 96 valence electrons. The van der Waals surface area contributed by atoms with Crippen LogP contribution in [0.3, 0.4) is 0 Å². The van der Waals surface area contributed by atoms with Crippen molar-refractivity contribution in [1.29, 1.82) is 0 Å². The number of aromatic amines is 1. The largest absolute Gasteiger partial charge is 0.495 e. The summed E-state index contributed by atoms with van der Waals surface area (Å²) < 4.78 is 5.23. The van der Waals surface area contributed by atoms with E-state index in [2.05, 4.69) is 34.1 Å². The average molecular weight is 245 g/mol. The van der Waals surface area contributed by atoms with Crippen LogP contribution in [0, 0.1) is 0 Å².